The molecule has 7 heteroatoms. The van der Waals surface area contributed by atoms with Gasteiger partial charge < -0.3 is 19.9 Å². The number of amides is 1. The molecule has 29 heavy (non-hydrogen) atoms. The van der Waals surface area contributed by atoms with Crippen LogP contribution in [0.25, 0.3) is 0 Å². The lowest BCUT2D eigenvalue weighted by molar-refractivity contribution is 0.0392. The molecule has 1 fully saturated rings. The largest absolute Gasteiger partial charge is 0.507 e. The predicted octanol–water partition coefficient (Wildman–Crippen LogP) is 3.47. The fourth-order valence-corrected chi connectivity index (χ4v) is 3.50. The number of likely N-dealkylation sites (N-methyl/N-ethyl adjacent to an activating group) is 1. The van der Waals surface area contributed by atoms with Crippen LogP contribution in [0, 0.1) is 0 Å². The van der Waals surface area contributed by atoms with Crippen molar-refractivity contribution in [3.05, 3.63) is 58.6 Å². The highest BCUT2D eigenvalue weighted by atomic mass is 35.5. The number of benzene rings is 2. The molecular weight excluding hydrogens is 392 g/mol. The van der Waals surface area contributed by atoms with Crippen molar-refractivity contribution in [3.63, 3.8) is 0 Å². The smallest absolute Gasteiger partial charge is 0.255 e. The van der Waals surface area contributed by atoms with Gasteiger partial charge in [-0.1, -0.05) is 23.7 Å². The van der Waals surface area contributed by atoms with Gasteiger partial charge in [0.2, 0.25) is 0 Å². The van der Waals surface area contributed by atoms with Crippen molar-refractivity contribution < 1.29 is 19.4 Å². The summed E-state index contributed by atoms with van der Waals surface area (Å²) in [6.45, 7) is 3.43. The van der Waals surface area contributed by atoms with Gasteiger partial charge >= 0.3 is 0 Å². The van der Waals surface area contributed by atoms with Crippen LogP contribution in [-0.2, 0) is 11.3 Å². The summed E-state index contributed by atoms with van der Waals surface area (Å²) in [4.78, 5) is 14.6. The van der Waals surface area contributed by atoms with Gasteiger partial charge in [0.25, 0.3) is 5.91 Å². The molecule has 0 spiro atoms. The van der Waals surface area contributed by atoms with Crippen LogP contribution < -0.4 is 10.1 Å². The molecule has 0 bridgehead atoms. The van der Waals surface area contributed by atoms with E-state index in [-0.39, 0.29) is 17.2 Å². The molecule has 2 aromatic rings. The maximum atomic E-state index is 12.3. The van der Waals surface area contributed by atoms with Gasteiger partial charge in [-0.15, -0.1) is 0 Å². The Kier molecular flexibility index (Phi) is 7.75. The lowest BCUT2D eigenvalue weighted by atomic mass is 10.1. The molecule has 0 unspecified atom stereocenters. The van der Waals surface area contributed by atoms with Crippen LogP contribution in [-0.4, -0.2) is 55.4 Å². The average Bonchev–Trinajstić information content (AvgIpc) is 2.74. The zero-order valence-corrected chi connectivity index (χ0v) is 17.3. The monoisotopic (exact) mass is 418 g/mol. The second-order valence-electron chi connectivity index (χ2n) is 7.16. The number of phenolic OH excluding ortho intramolecular Hbond substituents is 1. The number of hydrogen-bond donors (Lipinski definition) is 2. The Morgan fingerprint density at radius 2 is 2.07 bits per heavy atom. The average molecular weight is 419 g/mol. The van der Waals surface area contributed by atoms with Gasteiger partial charge in [0.15, 0.2) is 0 Å². The Hall–Kier alpha value is -2.28. The molecule has 2 aromatic carbocycles. The highest BCUT2D eigenvalue weighted by Gasteiger charge is 2.18. The summed E-state index contributed by atoms with van der Waals surface area (Å²) < 4.78 is 11.3. The molecule has 0 radical (unpaired) electrons. The molecule has 156 valence electrons. The SMILES string of the molecule is CN(CCOc1cccc(CNC(=O)c2cc(Cl)ccc2O)c1)C1CCOCC1. The summed E-state index contributed by atoms with van der Waals surface area (Å²) in [6.07, 6.45) is 2.13. The van der Waals surface area contributed by atoms with Crippen LogP contribution in [0.3, 0.4) is 0 Å². The van der Waals surface area contributed by atoms with Gasteiger partial charge in [0.1, 0.15) is 18.1 Å². The second-order valence-corrected chi connectivity index (χ2v) is 7.60. The summed E-state index contributed by atoms with van der Waals surface area (Å²) in [7, 11) is 2.12. The van der Waals surface area contributed by atoms with Crippen molar-refractivity contribution in [2.24, 2.45) is 0 Å². The quantitative estimate of drug-likeness (QED) is 0.687. The number of nitrogens with zero attached hydrogens (tertiary/aromatic N) is 1. The number of hydrogen-bond acceptors (Lipinski definition) is 5. The van der Waals surface area contributed by atoms with E-state index in [0.29, 0.717) is 24.2 Å². The maximum Gasteiger partial charge on any atom is 0.255 e. The topological polar surface area (TPSA) is 71.0 Å². The van der Waals surface area contributed by atoms with Crippen LogP contribution in [0.15, 0.2) is 42.5 Å². The predicted molar refractivity (Wildman–Crippen MR) is 113 cm³/mol. The normalized spacial score (nSPS) is 14.7. The van der Waals surface area contributed by atoms with E-state index in [1.54, 1.807) is 0 Å². The summed E-state index contributed by atoms with van der Waals surface area (Å²) >= 11 is 5.90. The number of ether oxygens (including phenoxy) is 2. The molecule has 1 amide bonds. The fourth-order valence-electron chi connectivity index (χ4n) is 3.33. The zero-order chi connectivity index (χ0) is 20.6. The third kappa shape index (κ3) is 6.35. The Morgan fingerprint density at radius 3 is 2.86 bits per heavy atom. The number of aromatic hydroxyl groups is 1. The first kappa shape index (κ1) is 21.4. The summed E-state index contributed by atoms with van der Waals surface area (Å²) in [6, 6.07) is 12.6. The Labute approximate surface area is 176 Å². The molecule has 1 aliphatic rings. The fraction of sp³-hybridized carbons (Fsp3) is 0.409. The molecule has 1 heterocycles. The number of carbonyl (C=O) groups is 1. The molecule has 0 atom stereocenters. The van der Waals surface area contributed by atoms with Gasteiger partial charge in [-0.3, -0.25) is 9.69 Å². The molecule has 6 nitrogen and oxygen atoms in total. The van der Waals surface area contributed by atoms with Crippen LogP contribution in [0.5, 0.6) is 11.5 Å². The van der Waals surface area contributed by atoms with Crippen molar-refractivity contribution in [3.8, 4) is 11.5 Å². The number of nitrogens with one attached hydrogen (secondary N) is 1. The van der Waals surface area contributed by atoms with E-state index in [0.717, 1.165) is 43.9 Å². The molecule has 0 saturated carbocycles. The third-order valence-corrected chi connectivity index (χ3v) is 5.32. The van der Waals surface area contributed by atoms with E-state index in [4.69, 9.17) is 21.1 Å². The molecular formula is C22H27ClN2O4. The van der Waals surface area contributed by atoms with Crippen molar-refractivity contribution in [1.82, 2.24) is 10.2 Å². The van der Waals surface area contributed by atoms with E-state index < -0.39 is 0 Å². The standard InChI is InChI=1S/C22H27ClN2O4/c1-25(18-7-10-28-11-8-18)9-12-29-19-4-2-3-16(13-19)15-24-22(27)20-14-17(23)5-6-21(20)26/h2-6,13-14,18,26H,7-12,15H2,1H3,(H,24,27). The Bertz CT molecular complexity index is 824. The highest BCUT2D eigenvalue weighted by molar-refractivity contribution is 6.31. The first-order chi connectivity index (χ1) is 14.0. The minimum Gasteiger partial charge on any atom is -0.507 e. The minimum atomic E-state index is -0.380. The van der Waals surface area contributed by atoms with Crippen molar-refractivity contribution in [2.75, 3.05) is 33.4 Å². The van der Waals surface area contributed by atoms with Crippen LogP contribution in [0.2, 0.25) is 5.02 Å². The zero-order valence-electron chi connectivity index (χ0n) is 16.6. The summed E-state index contributed by atoms with van der Waals surface area (Å²) in [5, 5.41) is 13.0. The van der Waals surface area contributed by atoms with Gasteiger partial charge in [-0.05, 0) is 55.8 Å². The van der Waals surface area contributed by atoms with E-state index in [1.165, 1.54) is 18.2 Å². The molecule has 0 aromatic heterocycles. The molecule has 2 N–H and O–H groups in total. The van der Waals surface area contributed by atoms with E-state index >= 15 is 0 Å². The molecule has 1 aliphatic heterocycles. The molecule has 1 saturated heterocycles. The van der Waals surface area contributed by atoms with Crippen LogP contribution in [0.1, 0.15) is 28.8 Å². The first-order valence-corrected chi connectivity index (χ1v) is 10.2. The van der Waals surface area contributed by atoms with Gasteiger partial charge in [-0.2, -0.15) is 0 Å². The Morgan fingerprint density at radius 1 is 1.28 bits per heavy atom. The first-order valence-electron chi connectivity index (χ1n) is 9.79. The number of phenols is 1. The lowest BCUT2D eigenvalue weighted by Crippen LogP contribution is -2.38. The molecule has 3 rings (SSSR count). The van der Waals surface area contributed by atoms with E-state index in [1.807, 2.05) is 24.3 Å². The van der Waals surface area contributed by atoms with Crippen molar-refractivity contribution >= 4 is 17.5 Å². The number of rotatable bonds is 8. The van der Waals surface area contributed by atoms with Gasteiger partial charge in [0.05, 0.1) is 5.56 Å². The minimum absolute atomic E-state index is 0.0994. The van der Waals surface area contributed by atoms with Crippen molar-refractivity contribution in [1.29, 1.82) is 0 Å². The third-order valence-electron chi connectivity index (χ3n) is 5.08. The Balaban J connectivity index is 1.47. The van der Waals surface area contributed by atoms with Gasteiger partial charge in [0, 0.05) is 37.4 Å². The maximum absolute atomic E-state index is 12.3. The number of carbonyl (C=O) groups excluding carboxylic acids is 1. The van der Waals surface area contributed by atoms with Gasteiger partial charge in [-0.25, -0.2) is 0 Å². The van der Waals surface area contributed by atoms with Crippen LogP contribution in [0.4, 0.5) is 0 Å². The second kappa shape index (κ2) is 10.5. The summed E-state index contributed by atoms with van der Waals surface area (Å²) in [5.74, 6) is 0.287. The highest BCUT2D eigenvalue weighted by Crippen LogP contribution is 2.21. The van der Waals surface area contributed by atoms with Crippen LogP contribution >= 0.6 is 11.6 Å². The lowest BCUT2D eigenvalue weighted by Gasteiger charge is -2.31. The van der Waals surface area contributed by atoms with E-state index in [9.17, 15) is 9.90 Å². The van der Waals surface area contributed by atoms with E-state index in [2.05, 4.69) is 17.3 Å². The summed E-state index contributed by atoms with van der Waals surface area (Å²) in [5.41, 5.74) is 1.07. The molecule has 0 aliphatic carbocycles. The van der Waals surface area contributed by atoms with Crippen molar-refractivity contribution in [2.45, 2.75) is 25.4 Å². The number of halogens is 1.